The van der Waals surface area contributed by atoms with Gasteiger partial charge in [-0.3, -0.25) is 4.79 Å². The standard InChI is InChI=1S/C14H10ClN3O/c15-12-7-10(3-6-13(12)17)14(19)18-11-4-1-9(8-16)2-5-11/h1-7H,17H2,(H,18,19). The quantitative estimate of drug-likeness (QED) is 0.824. The normalized spacial score (nSPS) is 9.68. The number of anilines is 2. The number of rotatable bonds is 2. The van der Waals surface area contributed by atoms with E-state index in [-0.39, 0.29) is 5.91 Å². The zero-order valence-corrected chi connectivity index (χ0v) is 10.6. The number of nitrogens with two attached hydrogens (primary N) is 1. The van der Waals surface area contributed by atoms with Crippen LogP contribution < -0.4 is 11.1 Å². The summed E-state index contributed by atoms with van der Waals surface area (Å²) in [5.74, 6) is -0.286. The summed E-state index contributed by atoms with van der Waals surface area (Å²) in [7, 11) is 0. The highest BCUT2D eigenvalue weighted by molar-refractivity contribution is 6.33. The van der Waals surface area contributed by atoms with E-state index >= 15 is 0 Å². The van der Waals surface area contributed by atoms with Crippen molar-refractivity contribution in [2.45, 2.75) is 0 Å². The highest BCUT2D eigenvalue weighted by Gasteiger charge is 2.08. The third-order valence-electron chi connectivity index (χ3n) is 2.53. The van der Waals surface area contributed by atoms with Crippen molar-refractivity contribution in [1.29, 1.82) is 5.26 Å². The molecular weight excluding hydrogens is 262 g/mol. The maximum Gasteiger partial charge on any atom is 0.255 e. The lowest BCUT2D eigenvalue weighted by atomic mass is 10.1. The Bertz CT molecular complexity index is 659. The molecule has 0 saturated heterocycles. The number of nitrogens with one attached hydrogen (secondary N) is 1. The molecule has 4 nitrogen and oxygen atoms in total. The second-order valence-corrected chi connectivity index (χ2v) is 4.29. The molecule has 0 aliphatic carbocycles. The van der Waals surface area contributed by atoms with E-state index in [2.05, 4.69) is 5.32 Å². The molecule has 0 fully saturated rings. The third kappa shape index (κ3) is 3.03. The molecule has 0 bridgehead atoms. The molecule has 0 heterocycles. The Labute approximate surface area is 115 Å². The number of nitrogens with zero attached hydrogens (tertiary/aromatic N) is 1. The summed E-state index contributed by atoms with van der Waals surface area (Å²) >= 11 is 5.86. The van der Waals surface area contributed by atoms with Gasteiger partial charge in [-0.1, -0.05) is 11.6 Å². The lowest BCUT2D eigenvalue weighted by molar-refractivity contribution is 0.102. The Balaban J connectivity index is 2.16. The first-order valence-corrected chi connectivity index (χ1v) is 5.84. The summed E-state index contributed by atoms with van der Waals surface area (Å²) in [6, 6.07) is 13.3. The smallest absolute Gasteiger partial charge is 0.255 e. The van der Waals surface area contributed by atoms with Crippen molar-refractivity contribution in [3.8, 4) is 6.07 Å². The van der Waals surface area contributed by atoms with Gasteiger partial charge < -0.3 is 11.1 Å². The van der Waals surface area contributed by atoms with Crippen LogP contribution in [0, 0.1) is 11.3 Å². The molecule has 94 valence electrons. The summed E-state index contributed by atoms with van der Waals surface area (Å²) in [6.07, 6.45) is 0. The Hall–Kier alpha value is -2.51. The minimum absolute atomic E-state index is 0.286. The highest BCUT2D eigenvalue weighted by Crippen LogP contribution is 2.20. The third-order valence-corrected chi connectivity index (χ3v) is 2.86. The Morgan fingerprint density at radius 2 is 1.89 bits per heavy atom. The molecule has 0 radical (unpaired) electrons. The molecule has 0 spiro atoms. The molecular formula is C14H10ClN3O. The first-order valence-electron chi connectivity index (χ1n) is 5.46. The molecule has 2 aromatic carbocycles. The van der Waals surface area contributed by atoms with Crippen molar-refractivity contribution in [2.24, 2.45) is 0 Å². The zero-order chi connectivity index (χ0) is 13.8. The van der Waals surface area contributed by atoms with Crippen molar-refractivity contribution in [1.82, 2.24) is 0 Å². The average molecular weight is 272 g/mol. The fraction of sp³-hybridized carbons (Fsp3) is 0. The first-order chi connectivity index (χ1) is 9.10. The summed E-state index contributed by atoms with van der Waals surface area (Å²) in [4.78, 5) is 12.0. The predicted octanol–water partition coefficient (Wildman–Crippen LogP) is 3.05. The molecule has 1 amide bonds. The summed E-state index contributed by atoms with van der Waals surface area (Å²) in [5, 5.41) is 11.7. The predicted molar refractivity (Wildman–Crippen MR) is 75.0 cm³/mol. The van der Waals surface area contributed by atoms with Crippen LogP contribution >= 0.6 is 11.6 Å². The maximum absolute atomic E-state index is 12.0. The number of halogens is 1. The zero-order valence-electron chi connectivity index (χ0n) is 9.85. The van der Waals surface area contributed by atoms with Crippen LogP contribution in [0.1, 0.15) is 15.9 Å². The van der Waals surface area contributed by atoms with Crippen molar-refractivity contribution in [3.05, 3.63) is 58.6 Å². The fourth-order valence-corrected chi connectivity index (χ4v) is 1.68. The van der Waals surface area contributed by atoms with Crippen LogP contribution in [0.25, 0.3) is 0 Å². The van der Waals surface area contributed by atoms with Crippen molar-refractivity contribution >= 4 is 28.9 Å². The van der Waals surface area contributed by atoms with E-state index in [4.69, 9.17) is 22.6 Å². The number of carbonyl (C=O) groups is 1. The molecule has 0 aliphatic heterocycles. The number of nitriles is 1. The Morgan fingerprint density at radius 3 is 2.47 bits per heavy atom. The number of hydrogen-bond donors (Lipinski definition) is 2. The number of carbonyl (C=O) groups excluding carboxylic acids is 1. The lowest BCUT2D eigenvalue weighted by Gasteiger charge is -2.06. The molecule has 2 aromatic rings. The summed E-state index contributed by atoms with van der Waals surface area (Å²) < 4.78 is 0. The van der Waals surface area contributed by atoms with E-state index in [0.29, 0.717) is 27.5 Å². The van der Waals surface area contributed by atoms with E-state index in [0.717, 1.165) is 0 Å². The van der Waals surface area contributed by atoms with Crippen LogP contribution in [0.4, 0.5) is 11.4 Å². The van der Waals surface area contributed by atoms with E-state index in [9.17, 15) is 4.79 Å². The van der Waals surface area contributed by atoms with Crippen LogP contribution in [0.15, 0.2) is 42.5 Å². The first kappa shape index (κ1) is 12.9. The van der Waals surface area contributed by atoms with Crippen LogP contribution in [0.5, 0.6) is 0 Å². The number of benzene rings is 2. The van der Waals surface area contributed by atoms with E-state index in [1.165, 1.54) is 6.07 Å². The molecule has 0 saturated carbocycles. The van der Waals surface area contributed by atoms with E-state index in [1.807, 2.05) is 6.07 Å². The summed E-state index contributed by atoms with van der Waals surface area (Å²) in [6.45, 7) is 0. The van der Waals surface area contributed by atoms with Crippen molar-refractivity contribution in [3.63, 3.8) is 0 Å². The van der Waals surface area contributed by atoms with Gasteiger partial charge in [-0.2, -0.15) is 5.26 Å². The van der Waals surface area contributed by atoms with Crippen LogP contribution in [0.2, 0.25) is 5.02 Å². The SMILES string of the molecule is N#Cc1ccc(NC(=O)c2ccc(N)c(Cl)c2)cc1. The number of hydrogen-bond acceptors (Lipinski definition) is 3. The van der Waals surface area contributed by atoms with E-state index in [1.54, 1.807) is 36.4 Å². The van der Waals surface area contributed by atoms with Gasteiger partial charge in [0.05, 0.1) is 22.3 Å². The number of nitrogen functional groups attached to an aromatic ring is 1. The van der Waals surface area contributed by atoms with Crippen molar-refractivity contribution < 1.29 is 4.79 Å². The number of amides is 1. The van der Waals surface area contributed by atoms with Crippen LogP contribution in [-0.2, 0) is 0 Å². The summed E-state index contributed by atoms with van der Waals surface area (Å²) in [5.41, 5.74) is 7.57. The maximum atomic E-state index is 12.0. The van der Waals surface area contributed by atoms with Gasteiger partial charge >= 0.3 is 0 Å². The minimum atomic E-state index is -0.286. The van der Waals surface area contributed by atoms with Crippen molar-refractivity contribution in [2.75, 3.05) is 11.1 Å². The highest BCUT2D eigenvalue weighted by atomic mass is 35.5. The molecule has 0 unspecified atom stereocenters. The van der Waals surface area contributed by atoms with Gasteiger partial charge in [-0.25, -0.2) is 0 Å². The molecule has 0 aliphatic rings. The van der Waals surface area contributed by atoms with E-state index < -0.39 is 0 Å². The van der Waals surface area contributed by atoms with Gasteiger partial charge in [0.2, 0.25) is 0 Å². The molecule has 0 aromatic heterocycles. The van der Waals surface area contributed by atoms with Gasteiger partial charge in [-0.15, -0.1) is 0 Å². The lowest BCUT2D eigenvalue weighted by Crippen LogP contribution is -2.11. The fourth-order valence-electron chi connectivity index (χ4n) is 1.50. The average Bonchev–Trinajstić information content (AvgIpc) is 2.42. The van der Waals surface area contributed by atoms with Gasteiger partial charge in [0.1, 0.15) is 0 Å². The van der Waals surface area contributed by atoms with Crippen LogP contribution in [0.3, 0.4) is 0 Å². The Morgan fingerprint density at radius 1 is 1.21 bits per heavy atom. The minimum Gasteiger partial charge on any atom is -0.398 e. The molecule has 19 heavy (non-hydrogen) atoms. The molecule has 2 rings (SSSR count). The molecule has 3 N–H and O–H groups in total. The second-order valence-electron chi connectivity index (χ2n) is 3.88. The monoisotopic (exact) mass is 271 g/mol. The topological polar surface area (TPSA) is 78.9 Å². The van der Waals surface area contributed by atoms with Crippen LogP contribution in [-0.4, -0.2) is 5.91 Å². The van der Waals surface area contributed by atoms with Gasteiger partial charge in [0.25, 0.3) is 5.91 Å². The Kier molecular flexibility index (Phi) is 3.69. The molecule has 5 heteroatoms. The van der Waals surface area contributed by atoms with Gasteiger partial charge in [0, 0.05) is 11.3 Å². The molecule has 0 atom stereocenters. The largest absolute Gasteiger partial charge is 0.398 e. The second kappa shape index (κ2) is 5.42. The van der Waals surface area contributed by atoms with Gasteiger partial charge in [-0.05, 0) is 42.5 Å². The van der Waals surface area contributed by atoms with Gasteiger partial charge in [0.15, 0.2) is 0 Å².